The largest absolute Gasteiger partial charge is 0.380 e. The lowest BCUT2D eigenvalue weighted by Gasteiger charge is -2.07. The Bertz CT molecular complexity index is 483. The zero-order valence-corrected chi connectivity index (χ0v) is 9.79. The number of hydrogen-bond acceptors (Lipinski definition) is 3. The number of nitrogens with two attached hydrogens (primary N) is 1. The van der Waals surface area contributed by atoms with Crippen LogP contribution < -0.4 is 5.73 Å². The number of aromatic amines is 1. The van der Waals surface area contributed by atoms with Crippen LogP contribution in [0, 0.1) is 0 Å². The molecule has 0 radical (unpaired) electrons. The molecule has 1 heterocycles. The monoisotopic (exact) mass is 239 g/mol. The molecule has 0 saturated heterocycles. The molecule has 0 amide bonds. The van der Waals surface area contributed by atoms with Gasteiger partial charge in [0.15, 0.2) is 0 Å². The Kier molecular flexibility index (Phi) is 3.43. The Morgan fingerprint density at radius 1 is 1.56 bits per heavy atom. The summed E-state index contributed by atoms with van der Waals surface area (Å²) in [5.74, 6) is 0.728. The van der Waals surface area contributed by atoms with Crippen molar-refractivity contribution in [2.75, 3.05) is 13.2 Å². The van der Waals surface area contributed by atoms with Crippen LogP contribution in [0.25, 0.3) is 11.0 Å². The maximum atomic E-state index is 5.93. The van der Waals surface area contributed by atoms with Gasteiger partial charge < -0.3 is 15.5 Å². The van der Waals surface area contributed by atoms with Gasteiger partial charge in [0.1, 0.15) is 5.82 Å². The lowest BCUT2D eigenvalue weighted by Crippen LogP contribution is -2.18. The molecule has 86 valence electrons. The molecule has 1 atom stereocenters. The van der Waals surface area contributed by atoms with Crippen molar-refractivity contribution < 1.29 is 4.74 Å². The van der Waals surface area contributed by atoms with Crippen LogP contribution in [-0.2, 0) is 4.74 Å². The second kappa shape index (κ2) is 4.82. The summed E-state index contributed by atoms with van der Waals surface area (Å²) in [6.07, 6.45) is 0. The highest BCUT2D eigenvalue weighted by Gasteiger charge is 2.11. The summed E-state index contributed by atoms with van der Waals surface area (Å²) in [4.78, 5) is 7.54. The summed E-state index contributed by atoms with van der Waals surface area (Å²) < 4.78 is 5.26. The van der Waals surface area contributed by atoms with Crippen LogP contribution in [0.2, 0.25) is 5.02 Å². The summed E-state index contributed by atoms with van der Waals surface area (Å²) >= 11 is 5.88. The fourth-order valence-corrected chi connectivity index (χ4v) is 1.66. The first-order chi connectivity index (χ1) is 7.70. The molecule has 0 saturated carbocycles. The second-order valence-electron chi connectivity index (χ2n) is 3.55. The van der Waals surface area contributed by atoms with Gasteiger partial charge in [-0.15, -0.1) is 0 Å². The lowest BCUT2D eigenvalue weighted by molar-refractivity contribution is 0.132. The van der Waals surface area contributed by atoms with Gasteiger partial charge in [-0.1, -0.05) is 11.6 Å². The highest BCUT2D eigenvalue weighted by atomic mass is 35.5. The normalized spacial score (nSPS) is 13.2. The van der Waals surface area contributed by atoms with Gasteiger partial charge in [-0.3, -0.25) is 0 Å². The molecule has 0 unspecified atom stereocenters. The zero-order valence-electron chi connectivity index (χ0n) is 9.03. The first kappa shape index (κ1) is 11.4. The van der Waals surface area contributed by atoms with Gasteiger partial charge in [-0.25, -0.2) is 4.98 Å². The molecule has 1 aromatic heterocycles. The maximum Gasteiger partial charge on any atom is 0.126 e. The maximum absolute atomic E-state index is 5.93. The number of hydrogen-bond donors (Lipinski definition) is 2. The number of nitrogens with one attached hydrogen (secondary N) is 1. The van der Waals surface area contributed by atoms with E-state index >= 15 is 0 Å². The van der Waals surface area contributed by atoms with Crippen molar-refractivity contribution in [3.63, 3.8) is 0 Å². The molecule has 1 aromatic carbocycles. The van der Waals surface area contributed by atoms with E-state index in [0.29, 0.717) is 18.2 Å². The number of nitrogens with zero attached hydrogens (tertiary/aromatic N) is 1. The van der Waals surface area contributed by atoms with E-state index in [-0.39, 0.29) is 6.04 Å². The SMILES string of the molecule is CCOC[C@H](N)c1nc2cc(Cl)ccc2[nH]1. The molecule has 3 N–H and O–H groups in total. The van der Waals surface area contributed by atoms with Gasteiger partial charge in [-0.05, 0) is 25.1 Å². The van der Waals surface area contributed by atoms with Crippen LogP contribution in [0.1, 0.15) is 18.8 Å². The van der Waals surface area contributed by atoms with Crippen molar-refractivity contribution in [2.24, 2.45) is 5.73 Å². The summed E-state index contributed by atoms with van der Waals surface area (Å²) in [6, 6.07) is 5.29. The van der Waals surface area contributed by atoms with E-state index in [1.54, 1.807) is 0 Å². The van der Waals surface area contributed by atoms with Gasteiger partial charge in [0.25, 0.3) is 0 Å². The molecule has 0 aliphatic heterocycles. The van der Waals surface area contributed by atoms with Crippen molar-refractivity contribution in [1.82, 2.24) is 9.97 Å². The van der Waals surface area contributed by atoms with Crippen molar-refractivity contribution in [3.05, 3.63) is 29.0 Å². The number of imidazole rings is 1. The highest BCUT2D eigenvalue weighted by molar-refractivity contribution is 6.31. The third kappa shape index (κ3) is 2.35. The van der Waals surface area contributed by atoms with E-state index in [0.717, 1.165) is 16.9 Å². The standard InChI is InChI=1S/C11H14ClN3O/c1-2-16-6-8(13)11-14-9-4-3-7(12)5-10(9)15-11/h3-5,8H,2,6,13H2,1H3,(H,14,15)/t8-/m0/s1. The zero-order chi connectivity index (χ0) is 11.5. The molecule has 0 bridgehead atoms. The van der Waals surface area contributed by atoms with Crippen LogP contribution >= 0.6 is 11.6 Å². The molecule has 0 aliphatic rings. The van der Waals surface area contributed by atoms with Crippen LogP contribution in [0.15, 0.2) is 18.2 Å². The second-order valence-corrected chi connectivity index (χ2v) is 3.99. The fraction of sp³-hybridized carbons (Fsp3) is 0.364. The molecule has 5 heteroatoms. The van der Waals surface area contributed by atoms with Crippen molar-refractivity contribution >= 4 is 22.6 Å². The van der Waals surface area contributed by atoms with E-state index in [1.807, 2.05) is 25.1 Å². The summed E-state index contributed by atoms with van der Waals surface area (Å²) in [5, 5.41) is 0.670. The number of aromatic nitrogens is 2. The van der Waals surface area contributed by atoms with E-state index in [2.05, 4.69) is 9.97 Å². The van der Waals surface area contributed by atoms with Gasteiger partial charge in [0.05, 0.1) is 23.7 Å². The quantitative estimate of drug-likeness (QED) is 0.860. The molecule has 2 rings (SSSR count). The van der Waals surface area contributed by atoms with E-state index < -0.39 is 0 Å². The summed E-state index contributed by atoms with van der Waals surface area (Å²) in [7, 11) is 0. The average molecular weight is 240 g/mol. The lowest BCUT2D eigenvalue weighted by atomic mass is 10.3. The molecule has 16 heavy (non-hydrogen) atoms. The molecule has 2 aromatic rings. The Morgan fingerprint density at radius 3 is 3.12 bits per heavy atom. The van der Waals surface area contributed by atoms with Gasteiger partial charge >= 0.3 is 0 Å². The first-order valence-corrected chi connectivity index (χ1v) is 5.57. The Hall–Kier alpha value is -1.10. The molecule has 4 nitrogen and oxygen atoms in total. The molecule has 0 spiro atoms. The van der Waals surface area contributed by atoms with Crippen molar-refractivity contribution in [1.29, 1.82) is 0 Å². The average Bonchev–Trinajstić information content (AvgIpc) is 2.68. The predicted molar refractivity (Wildman–Crippen MR) is 64.5 cm³/mol. The molecule has 0 aliphatic carbocycles. The number of ether oxygens (including phenoxy) is 1. The number of H-pyrrole nitrogens is 1. The Labute approximate surface area is 98.8 Å². The predicted octanol–water partition coefficient (Wildman–Crippen LogP) is 2.25. The Morgan fingerprint density at radius 2 is 2.38 bits per heavy atom. The number of benzene rings is 1. The minimum atomic E-state index is -0.230. The van der Waals surface area contributed by atoms with Crippen molar-refractivity contribution in [2.45, 2.75) is 13.0 Å². The summed E-state index contributed by atoms with van der Waals surface area (Å²) in [6.45, 7) is 3.05. The fourth-order valence-electron chi connectivity index (χ4n) is 1.50. The van der Waals surface area contributed by atoms with E-state index in [1.165, 1.54) is 0 Å². The van der Waals surface area contributed by atoms with E-state index in [4.69, 9.17) is 22.1 Å². The molecular formula is C11H14ClN3O. The summed E-state index contributed by atoms with van der Waals surface area (Å²) in [5.41, 5.74) is 7.70. The van der Waals surface area contributed by atoms with Crippen LogP contribution in [0.5, 0.6) is 0 Å². The number of fused-ring (bicyclic) bond motifs is 1. The smallest absolute Gasteiger partial charge is 0.126 e. The van der Waals surface area contributed by atoms with Crippen molar-refractivity contribution in [3.8, 4) is 0 Å². The third-order valence-corrected chi connectivity index (χ3v) is 2.55. The number of halogens is 1. The van der Waals surface area contributed by atoms with Crippen LogP contribution in [0.4, 0.5) is 0 Å². The highest BCUT2D eigenvalue weighted by Crippen LogP contribution is 2.19. The molecular weight excluding hydrogens is 226 g/mol. The van der Waals surface area contributed by atoms with Crippen LogP contribution in [0.3, 0.4) is 0 Å². The van der Waals surface area contributed by atoms with Gasteiger partial charge in [0, 0.05) is 11.6 Å². The van der Waals surface area contributed by atoms with E-state index in [9.17, 15) is 0 Å². The third-order valence-electron chi connectivity index (χ3n) is 2.32. The first-order valence-electron chi connectivity index (χ1n) is 5.19. The van der Waals surface area contributed by atoms with Gasteiger partial charge in [0.2, 0.25) is 0 Å². The minimum Gasteiger partial charge on any atom is -0.380 e. The molecule has 0 fully saturated rings. The topological polar surface area (TPSA) is 63.9 Å². The van der Waals surface area contributed by atoms with Crippen LogP contribution in [-0.4, -0.2) is 23.2 Å². The Balaban J connectivity index is 2.25. The minimum absolute atomic E-state index is 0.230. The number of rotatable bonds is 4. The van der Waals surface area contributed by atoms with Gasteiger partial charge in [-0.2, -0.15) is 0 Å².